The first-order valence-electron chi connectivity index (χ1n) is 7.39. The number of nitrogens with zero attached hydrogens (tertiary/aromatic N) is 5. The summed E-state index contributed by atoms with van der Waals surface area (Å²) >= 11 is 0. The van der Waals surface area contributed by atoms with Gasteiger partial charge >= 0.3 is 0 Å². The van der Waals surface area contributed by atoms with Gasteiger partial charge in [-0.1, -0.05) is 0 Å². The lowest BCUT2D eigenvalue weighted by Gasteiger charge is -2.26. The molecule has 1 aliphatic heterocycles. The summed E-state index contributed by atoms with van der Waals surface area (Å²) in [6.07, 6.45) is 1.75. The molecule has 0 unspecified atom stereocenters. The van der Waals surface area contributed by atoms with Crippen LogP contribution in [0, 0.1) is 13.8 Å². The predicted octanol–water partition coefficient (Wildman–Crippen LogP) is 1.41. The highest BCUT2D eigenvalue weighted by atomic mass is 16.1. The third-order valence-electron chi connectivity index (χ3n) is 4.28. The molecule has 3 rings (SSSR count). The summed E-state index contributed by atoms with van der Waals surface area (Å²) in [6.45, 7) is 9.93. The molecule has 0 bridgehead atoms. The van der Waals surface area contributed by atoms with Crippen molar-refractivity contribution in [2.75, 3.05) is 13.1 Å². The van der Waals surface area contributed by atoms with E-state index in [4.69, 9.17) is 0 Å². The van der Waals surface area contributed by atoms with Gasteiger partial charge in [0.1, 0.15) is 12.2 Å². The van der Waals surface area contributed by atoms with Crippen LogP contribution in [0.15, 0.2) is 12.4 Å². The maximum absolute atomic E-state index is 12.6. The van der Waals surface area contributed by atoms with E-state index in [9.17, 15) is 4.79 Å². The highest BCUT2D eigenvalue weighted by Crippen LogP contribution is 2.17. The zero-order valence-corrected chi connectivity index (χ0v) is 12.8. The average molecular weight is 287 g/mol. The lowest BCUT2D eigenvalue weighted by molar-refractivity contribution is 0.0907. The Morgan fingerprint density at radius 3 is 2.86 bits per heavy atom. The zero-order chi connectivity index (χ0) is 15.0. The van der Waals surface area contributed by atoms with Gasteiger partial charge in [0, 0.05) is 36.6 Å². The Morgan fingerprint density at radius 2 is 2.14 bits per heavy atom. The van der Waals surface area contributed by atoms with E-state index in [1.807, 2.05) is 17.6 Å². The molecule has 2 aromatic rings. The molecule has 0 fully saturated rings. The van der Waals surface area contributed by atoms with Gasteiger partial charge in [0.2, 0.25) is 0 Å². The third-order valence-corrected chi connectivity index (χ3v) is 4.28. The van der Waals surface area contributed by atoms with Gasteiger partial charge in [0.15, 0.2) is 5.78 Å². The largest absolute Gasteiger partial charge is 0.349 e. The van der Waals surface area contributed by atoms with E-state index >= 15 is 0 Å². The number of hydrogen-bond donors (Lipinski definition) is 0. The van der Waals surface area contributed by atoms with Gasteiger partial charge in [-0.2, -0.15) is 0 Å². The van der Waals surface area contributed by atoms with Gasteiger partial charge in [-0.3, -0.25) is 9.69 Å². The fraction of sp³-hybridized carbons (Fsp3) is 0.533. The molecule has 0 radical (unpaired) electrons. The van der Waals surface area contributed by atoms with Gasteiger partial charge in [-0.05, 0) is 26.8 Å². The van der Waals surface area contributed by atoms with E-state index in [1.54, 1.807) is 6.33 Å². The van der Waals surface area contributed by atoms with E-state index in [2.05, 4.69) is 33.5 Å². The number of ketones is 1. The van der Waals surface area contributed by atoms with Gasteiger partial charge in [-0.25, -0.2) is 0 Å². The Bertz CT molecular complexity index is 670. The monoisotopic (exact) mass is 287 g/mol. The Balaban J connectivity index is 1.73. The summed E-state index contributed by atoms with van der Waals surface area (Å²) < 4.78 is 4.23. The predicted molar refractivity (Wildman–Crippen MR) is 79.2 cm³/mol. The third kappa shape index (κ3) is 2.51. The van der Waals surface area contributed by atoms with E-state index < -0.39 is 0 Å². The SMILES string of the molecule is CCn1c(C)cc(C(=O)CN2CCn3cnnc3C2)c1C. The number of Topliss-reactive ketones (excluding diaryl/α,β-unsaturated/α-hetero) is 1. The van der Waals surface area contributed by atoms with Crippen molar-refractivity contribution in [3.05, 3.63) is 35.2 Å². The van der Waals surface area contributed by atoms with Crippen LogP contribution in [0.5, 0.6) is 0 Å². The van der Waals surface area contributed by atoms with Crippen molar-refractivity contribution in [1.82, 2.24) is 24.2 Å². The molecule has 0 aliphatic carbocycles. The summed E-state index contributed by atoms with van der Waals surface area (Å²) in [5, 5.41) is 8.01. The summed E-state index contributed by atoms with van der Waals surface area (Å²) in [5.41, 5.74) is 3.07. The Morgan fingerprint density at radius 1 is 1.33 bits per heavy atom. The van der Waals surface area contributed by atoms with Gasteiger partial charge < -0.3 is 9.13 Å². The fourth-order valence-corrected chi connectivity index (χ4v) is 3.11. The van der Waals surface area contributed by atoms with Crippen molar-refractivity contribution in [1.29, 1.82) is 0 Å². The normalized spacial score (nSPS) is 15.2. The molecule has 0 atom stereocenters. The van der Waals surface area contributed by atoms with Crippen molar-refractivity contribution in [3.63, 3.8) is 0 Å². The molecule has 0 saturated heterocycles. The molecule has 21 heavy (non-hydrogen) atoms. The molecule has 0 N–H and O–H groups in total. The molecule has 0 aromatic carbocycles. The fourth-order valence-electron chi connectivity index (χ4n) is 3.11. The zero-order valence-electron chi connectivity index (χ0n) is 12.8. The minimum Gasteiger partial charge on any atom is -0.349 e. The number of carbonyl (C=O) groups excluding carboxylic acids is 1. The molecule has 112 valence electrons. The number of rotatable bonds is 4. The number of fused-ring (bicyclic) bond motifs is 1. The van der Waals surface area contributed by atoms with Crippen LogP contribution in [0.25, 0.3) is 0 Å². The van der Waals surface area contributed by atoms with Crippen molar-refractivity contribution >= 4 is 5.78 Å². The first kappa shape index (κ1) is 14.0. The Kier molecular flexibility index (Phi) is 3.63. The van der Waals surface area contributed by atoms with Crippen LogP contribution >= 0.6 is 0 Å². The van der Waals surface area contributed by atoms with Crippen LogP contribution in [0.4, 0.5) is 0 Å². The highest BCUT2D eigenvalue weighted by Gasteiger charge is 2.22. The van der Waals surface area contributed by atoms with Gasteiger partial charge in [-0.15, -0.1) is 10.2 Å². The second-order valence-electron chi connectivity index (χ2n) is 5.60. The Labute approximate surface area is 124 Å². The van der Waals surface area contributed by atoms with Gasteiger partial charge in [0.05, 0.1) is 13.1 Å². The van der Waals surface area contributed by atoms with Crippen LogP contribution in [-0.2, 0) is 19.6 Å². The molecule has 6 nitrogen and oxygen atoms in total. The maximum Gasteiger partial charge on any atom is 0.178 e. The second-order valence-corrected chi connectivity index (χ2v) is 5.60. The molecular weight excluding hydrogens is 266 g/mol. The summed E-state index contributed by atoms with van der Waals surface area (Å²) in [5.74, 6) is 1.13. The first-order valence-corrected chi connectivity index (χ1v) is 7.39. The average Bonchev–Trinajstić information content (AvgIpc) is 3.02. The van der Waals surface area contributed by atoms with Crippen molar-refractivity contribution in [2.24, 2.45) is 0 Å². The van der Waals surface area contributed by atoms with E-state index in [-0.39, 0.29) is 5.78 Å². The van der Waals surface area contributed by atoms with E-state index in [0.717, 1.165) is 42.4 Å². The van der Waals surface area contributed by atoms with Crippen LogP contribution in [0.3, 0.4) is 0 Å². The summed E-state index contributed by atoms with van der Waals surface area (Å²) in [4.78, 5) is 14.7. The lowest BCUT2D eigenvalue weighted by atomic mass is 10.1. The molecule has 0 saturated carbocycles. The molecular formula is C15H21N5O. The van der Waals surface area contributed by atoms with Crippen molar-refractivity contribution < 1.29 is 4.79 Å². The topological polar surface area (TPSA) is 56.0 Å². The molecule has 0 amide bonds. The second kappa shape index (κ2) is 5.44. The number of carbonyl (C=O) groups is 1. The van der Waals surface area contributed by atoms with Crippen LogP contribution < -0.4 is 0 Å². The minimum atomic E-state index is 0.191. The molecule has 0 spiro atoms. The number of aryl methyl sites for hydroxylation is 1. The Hall–Kier alpha value is -1.95. The highest BCUT2D eigenvalue weighted by molar-refractivity contribution is 5.99. The quantitative estimate of drug-likeness (QED) is 0.798. The van der Waals surface area contributed by atoms with Crippen LogP contribution in [0.1, 0.15) is 34.5 Å². The van der Waals surface area contributed by atoms with Gasteiger partial charge in [0.25, 0.3) is 0 Å². The van der Waals surface area contributed by atoms with E-state index in [0.29, 0.717) is 13.1 Å². The summed E-state index contributed by atoms with van der Waals surface area (Å²) in [7, 11) is 0. The minimum absolute atomic E-state index is 0.191. The molecule has 6 heteroatoms. The number of aromatic nitrogens is 4. The molecule has 3 heterocycles. The van der Waals surface area contributed by atoms with E-state index in [1.165, 1.54) is 0 Å². The van der Waals surface area contributed by atoms with Crippen LogP contribution in [0.2, 0.25) is 0 Å². The number of hydrogen-bond acceptors (Lipinski definition) is 4. The molecule has 1 aliphatic rings. The lowest BCUT2D eigenvalue weighted by Crippen LogP contribution is -2.37. The maximum atomic E-state index is 12.6. The smallest absolute Gasteiger partial charge is 0.178 e. The molecule has 2 aromatic heterocycles. The van der Waals surface area contributed by atoms with Crippen molar-refractivity contribution in [3.8, 4) is 0 Å². The first-order chi connectivity index (χ1) is 10.1. The van der Waals surface area contributed by atoms with Crippen molar-refractivity contribution in [2.45, 2.75) is 40.4 Å². The standard InChI is InChI=1S/C15H21N5O/c1-4-20-11(2)7-13(12(20)3)14(21)8-18-5-6-19-10-16-17-15(19)9-18/h7,10H,4-6,8-9H2,1-3H3. The van der Waals surface area contributed by atoms with Crippen LogP contribution in [-0.4, -0.2) is 43.1 Å². The summed E-state index contributed by atoms with van der Waals surface area (Å²) in [6, 6.07) is 2.01.